The van der Waals surface area contributed by atoms with Crippen LogP contribution in [0.3, 0.4) is 0 Å². The SMILES string of the molecule is C=C(C)C(=O)CCOCC(O)C(O)C(O)C(O)CO. The van der Waals surface area contributed by atoms with Crippen molar-refractivity contribution in [2.24, 2.45) is 0 Å². The Kier molecular flexibility index (Phi) is 8.73. The number of aliphatic hydroxyl groups excluding tert-OH is 5. The Hall–Kier alpha value is -0.830. The molecule has 0 aromatic carbocycles. The molecule has 0 heterocycles. The molecule has 0 saturated heterocycles. The summed E-state index contributed by atoms with van der Waals surface area (Å²) in [6.07, 6.45) is -6.20. The van der Waals surface area contributed by atoms with Gasteiger partial charge < -0.3 is 30.3 Å². The summed E-state index contributed by atoms with van der Waals surface area (Å²) in [7, 11) is 0. The van der Waals surface area contributed by atoms with E-state index in [1.807, 2.05) is 0 Å². The van der Waals surface area contributed by atoms with Gasteiger partial charge in [-0.3, -0.25) is 4.79 Å². The molecule has 7 nitrogen and oxygen atoms in total. The Morgan fingerprint density at radius 1 is 1.16 bits per heavy atom. The summed E-state index contributed by atoms with van der Waals surface area (Å²) in [5.74, 6) is -0.161. The molecule has 0 fully saturated rings. The highest BCUT2D eigenvalue weighted by Gasteiger charge is 2.29. The maximum Gasteiger partial charge on any atom is 0.160 e. The molecule has 0 aromatic heterocycles. The summed E-state index contributed by atoms with van der Waals surface area (Å²) in [5, 5.41) is 45.9. The topological polar surface area (TPSA) is 127 Å². The quantitative estimate of drug-likeness (QED) is 0.230. The zero-order valence-electron chi connectivity index (χ0n) is 10.9. The van der Waals surface area contributed by atoms with E-state index in [9.17, 15) is 20.1 Å². The van der Waals surface area contributed by atoms with E-state index in [1.165, 1.54) is 0 Å². The standard InChI is InChI=1S/C12H22O7/c1-7(2)8(14)3-4-19-6-10(16)12(18)11(17)9(15)5-13/h9-13,15-18H,1,3-6H2,2H3. The van der Waals surface area contributed by atoms with Crippen LogP contribution in [0, 0.1) is 0 Å². The molecule has 4 atom stereocenters. The fourth-order valence-corrected chi connectivity index (χ4v) is 1.24. The summed E-state index contributed by atoms with van der Waals surface area (Å²) < 4.78 is 4.97. The maximum atomic E-state index is 11.2. The molecule has 0 radical (unpaired) electrons. The summed E-state index contributed by atoms with van der Waals surface area (Å²) in [4.78, 5) is 11.2. The van der Waals surface area contributed by atoms with Crippen LogP contribution in [0.4, 0.5) is 0 Å². The molecule has 19 heavy (non-hydrogen) atoms. The second-order valence-corrected chi connectivity index (χ2v) is 4.33. The Balaban J connectivity index is 3.94. The van der Waals surface area contributed by atoms with E-state index in [0.717, 1.165) is 0 Å². The molecule has 0 spiro atoms. The normalized spacial score (nSPS) is 17.6. The van der Waals surface area contributed by atoms with Gasteiger partial charge in [-0.2, -0.15) is 0 Å². The number of carbonyl (C=O) groups excluding carboxylic acids is 1. The minimum atomic E-state index is -1.68. The van der Waals surface area contributed by atoms with Gasteiger partial charge in [-0.05, 0) is 12.5 Å². The molecule has 0 rings (SSSR count). The predicted octanol–water partition coefficient (Wildman–Crippen LogP) is -2.03. The third-order valence-electron chi connectivity index (χ3n) is 2.56. The Bertz CT molecular complexity index is 292. The van der Waals surface area contributed by atoms with E-state index < -0.39 is 31.0 Å². The fourth-order valence-electron chi connectivity index (χ4n) is 1.24. The maximum absolute atomic E-state index is 11.2. The monoisotopic (exact) mass is 278 g/mol. The van der Waals surface area contributed by atoms with E-state index in [2.05, 4.69) is 6.58 Å². The number of hydrogen-bond acceptors (Lipinski definition) is 7. The number of Topliss-reactive ketones (excluding diaryl/α,β-unsaturated/α-hetero) is 1. The second-order valence-electron chi connectivity index (χ2n) is 4.33. The third kappa shape index (κ3) is 6.76. The van der Waals surface area contributed by atoms with Crippen molar-refractivity contribution in [3.8, 4) is 0 Å². The van der Waals surface area contributed by atoms with Crippen LogP contribution in [0.5, 0.6) is 0 Å². The Morgan fingerprint density at radius 2 is 1.68 bits per heavy atom. The smallest absolute Gasteiger partial charge is 0.160 e. The highest BCUT2D eigenvalue weighted by atomic mass is 16.5. The largest absolute Gasteiger partial charge is 0.394 e. The van der Waals surface area contributed by atoms with Gasteiger partial charge in [0.15, 0.2) is 5.78 Å². The van der Waals surface area contributed by atoms with Gasteiger partial charge in [0.2, 0.25) is 0 Å². The average molecular weight is 278 g/mol. The lowest BCUT2D eigenvalue weighted by molar-refractivity contribution is -0.130. The molecule has 5 N–H and O–H groups in total. The first-order valence-electron chi connectivity index (χ1n) is 5.90. The number of ketones is 1. The van der Waals surface area contributed by atoms with Crippen molar-refractivity contribution in [3.63, 3.8) is 0 Å². The highest BCUT2D eigenvalue weighted by molar-refractivity contribution is 5.94. The Labute approximate surface area is 111 Å². The summed E-state index contributed by atoms with van der Waals surface area (Å²) in [5.41, 5.74) is 0.408. The number of rotatable bonds is 10. The first-order chi connectivity index (χ1) is 8.81. The van der Waals surface area contributed by atoms with Gasteiger partial charge in [-0.25, -0.2) is 0 Å². The van der Waals surface area contributed by atoms with Crippen molar-refractivity contribution >= 4 is 5.78 Å². The fraction of sp³-hybridized carbons (Fsp3) is 0.750. The summed E-state index contributed by atoms with van der Waals surface area (Å²) >= 11 is 0. The minimum absolute atomic E-state index is 0.0497. The highest BCUT2D eigenvalue weighted by Crippen LogP contribution is 2.06. The molecule has 0 saturated carbocycles. The van der Waals surface area contributed by atoms with Crippen molar-refractivity contribution in [1.29, 1.82) is 0 Å². The first-order valence-corrected chi connectivity index (χ1v) is 5.90. The van der Waals surface area contributed by atoms with Gasteiger partial charge >= 0.3 is 0 Å². The van der Waals surface area contributed by atoms with Crippen LogP contribution in [0.15, 0.2) is 12.2 Å². The molecule has 0 aliphatic heterocycles. The Morgan fingerprint density at radius 3 is 2.16 bits per heavy atom. The van der Waals surface area contributed by atoms with E-state index in [1.54, 1.807) is 6.92 Å². The average Bonchev–Trinajstić information content (AvgIpc) is 2.39. The summed E-state index contributed by atoms with van der Waals surface area (Å²) in [6.45, 7) is 4.05. The van der Waals surface area contributed by atoms with Crippen LogP contribution in [-0.2, 0) is 9.53 Å². The second kappa shape index (κ2) is 9.13. The van der Waals surface area contributed by atoms with E-state index in [4.69, 9.17) is 14.9 Å². The number of carbonyl (C=O) groups is 1. The van der Waals surface area contributed by atoms with Crippen LogP contribution >= 0.6 is 0 Å². The molecule has 7 heteroatoms. The van der Waals surface area contributed by atoms with Gasteiger partial charge in [0, 0.05) is 6.42 Å². The molecular weight excluding hydrogens is 256 g/mol. The van der Waals surface area contributed by atoms with Gasteiger partial charge in [0.1, 0.15) is 24.4 Å². The van der Waals surface area contributed by atoms with E-state index >= 15 is 0 Å². The third-order valence-corrected chi connectivity index (χ3v) is 2.56. The predicted molar refractivity (Wildman–Crippen MR) is 66.4 cm³/mol. The van der Waals surface area contributed by atoms with Crippen LogP contribution in [0.1, 0.15) is 13.3 Å². The molecular formula is C12H22O7. The lowest BCUT2D eigenvalue weighted by Crippen LogP contribution is -2.47. The number of ether oxygens (including phenoxy) is 1. The molecule has 0 bridgehead atoms. The first kappa shape index (κ1) is 18.2. The van der Waals surface area contributed by atoms with Crippen LogP contribution in [-0.4, -0.2) is 75.6 Å². The number of aliphatic hydroxyl groups is 5. The summed E-state index contributed by atoms with van der Waals surface area (Å²) in [6, 6.07) is 0. The van der Waals surface area contributed by atoms with Crippen molar-refractivity contribution in [2.45, 2.75) is 37.8 Å². The zero-order chi connectivity index (χ0) is 15.0. The van der Waals surface area contributed by atoms with Crippen molar-refractivity contribution in [3.05, 3.63) is 12.2 Å². The molecule has 0 aliphatic carbocycles. The molecule has 0 amide bonds. The molecule has 4 unspecified atom stereocenters. The van der Waals surface area contributed by atoms with Crippen molar-refractivity contribution < 1.29 is 35.1 Å². The van der Waals surface area contributed by atoms with Gasteiger partial charge in [0.25, 0.3) is 0 Å². The van der Waals surface area contributed by atoms with Crippen molar-refractivity contribution in [2.75, 3.05) is 19.8 Å². The van der Waals surface area contributed by atoms with Crippen molar-refractivity contribution in [1.82, 2.24) is 0 Å². The van der Waals surface area contributed by atoms with E-state index in [-0.39, 0.29) is 25.4 Å². The van der Waals surface area contributed by atoms with Crippen LogP contribution < -0.4 is 0 Å². The van der Waals surface area contributed by atoms with E-state index in [0.29, 0.717) is 5.57 Å². The van der Waals surface area contributed by atoms with Crippen LogP contribution in [0.2, 0.25) is 0 Å². The zero-order valence-corrected chi connectivity index (χ0v) is 10.9. The van der Waals surface area contributed by atoms with Gasteiger partial charge in [-0.1, -0.05) is 6.58 Å². The molecule has 0 aromatic rings. The lowest BCUT2D eigenvalue weighted by Gasteiger charge is -2.25. The molecule has 0 aliphatic rings. The molecule has 112 valence electrons. The number of hydrogen-bond donors (Lipinski definition) is 5. The number of allylic oxidation sites excluding steroid dienone is 1. The van der Waals surface area contributed by atoms with Crippen LogP contribution in [0.25, 0.3) is 0 Å². The van der Waals surface area contributed by atoms with Gasteiger partial charge in [-0.15, -0.1) is 0 Å². The minimum Gasteiger partial charge on any atom is -0.394 e. The lowest BCUT2D eigenvalue weighted by atomic mass is 10.0. The van der Waals surface area contributed by atoms with Gasteiger partial charge in [0.05, 0.1) is 19.8 Å².